The molecule has 0 heterocycles. The van der Waals surface area contributed by atoms with E-state index in [1.807, 2.05) is 25.1 Å². The first-order valence-corrected chi connectivity index (χ1v) is 16.3. The van der Waals surface area contributed by atoms with Crippen molar-refractivity contribution in [3.63, 3.8) is 0 Å². The standard InChI is InChI=1S/C20H31NO2.C16H24N2O2/c1-5-23-19(22)16-9-8-15(18(21)13-16)12-14-6-10-17(11-7-14)20(2,3)4;1-3-20-16(19)12-6-9-15(14(17)10-12)18-13-7-4-11(2)5-8-13/h8-9,13-14,17H,5-7,10-12,21H2,1-4H3;6,9-11,13,18H,3-5,7-8,17H2,1-2H3. The van der Waals surface area contributed by atoms with Crippen molar-refractivity contribution in [2.45, 2.75) is 105 Å². The molecule has 0 saturated heterocycles. The van der Waals surface area contributed by atoms with Crippen LogP contribution in [0.5, 0.6) is 0 Å². The van der Waals surface area contributed by atoms with Crippen molar-refractivity contribution in [3.8, 4) is 0 Å². The summed E-state index contributed by atoms with van der Waals surface area (Å²) in [6, 6.07) is 11.4. The van der Waals surface area contributed by atoms with Crippen molar-refractivity contribution in [3.05, 3.63) is 53.1 Å². The summed E-state index contributed by atoms with van der Waals surface area (Å²) in [6.45, 7) is 13.7. The molecule has 0 amide bonds. The molecule has 2 aliphatic carbocycles. The van der Waals surface area contributed by atoms with Crippen molar-refractivity contribution in [1.82, 2.24) is 0 Å². The molecule has 2 saturated carbocycles. The summed E-state index contributed by atoms with van der Waals surface area (Å²) in [5, 5.41) is 3.49. The summed E-state index contributed by atoms with van der Waals surface area (Å²) in [7, 11) is 0. The van der Waals surface area contributed by atoms with E-state index < -0.39 is 0 Å². The molecule has 7 nitrogen and oxygen atoms in total. The van der Waals surface area contributed by atoms with Gasteiger partial charge in [0.05, 0.1) is 35.7 Å². The maximum Gasteiger partial charge on any atom is 0.338 e. The Bertz CT molecular complexity index is 1190. The molecule has 0 aromatic heterocycles. The van der Waals surface area contributed by atoms with E-state index in [0.29, 0.717) is 53.1 Å². The van der Waals surface area contributed by atoms with Crippen LogP contribution in [0.1, 0.15) is 119 Å². The summed E-state index contributed by atoms with van der Waals surface area (Å²) >= 11 is 0. The largest absolute Gasteiger partial charge is 0.462 e. The van der Waals surface area contributed by atoms with Crippen molar-refractivity contribution < 1.29 is 19.1 Å². The van der Waals surface area contributed by atoms with Crippen LogP contribution in [0.25, 0.3) is 0 Å². The van der Waals surface area contributed by atoms with Gasteiger partial charge in [-0.05, 0) is 131 Å². The fourth-order valence-electron chi connectivity index (χ4n) is 6.33. The van der Waals surface area contributed by atoms with Crippen LogP contribution >= 0.6 is 0 Å². The van der Waals surface area contributed by atoms with Gasteiger partial charge < -0.3 is 26.3 Å². The van der Waals surface area contributed by atoms with Gasteiger partial charge in [0.2, 0.25) is 0 Å². The number of ether oxygens (including phenoxy) is 2. The molecule has 0 radical (unpaired) electrons. The van der Waals surface area contributed by atoms with Gasteiger partial charge in [0.25, 0.3) is 0 Å². The Morgan fingerprint density at radius 3 is 1.81 bits per heavy atom. The average Bonchev–Trinajstić information content (AvgIpc) is 2.96. The Labute approximate surface area is 259 Å². The second kappa shape index (κ2) is 16.0. The molecule has 43 heavy (non-hydrogen) atoms. The van der Waals surface area contributed by atoms with Crippen LogP contribution in [-0.4, -0.2) is 31.2 Å². The zero-order chi connectivity index (χ0) is 31.6. The lowest BCUT2D eigenvalue weighted by molar-refractivity contribution is 0.0517. The summed E-state index contributed by atoms with van der Waals surface area (Å²) in [5.74, 6) is 1.76. The zero-order valence-electron chi connectivity index (χ0n) is 27.3. The number of benzene rings is 2. The third-order valence-corrected chi connectivity index (χ3v) is 9.18. The number of nitrogens with one attached hydrogen (secondary N) is 1. The molecule has 0 aliphatic heterocycles. The van der Waals surface area contributed by atoms with Crippen LogP contribution in [0.4, 0.5) is 17.1 Å². The Morgan fingerprint density at radius 1 is 0.791 bits per heavy atom. The molecule has 7 heteroatoms. The summed E-state index contributed by atoms with van der Waals surface area (Å²) < 4.78 is 9.99. The SMILES string of the molecule is CCOC(=O)c1ccc(CC2CCC(C(C)(C)C)CC2)c(N)c1.CCOC(=O)c1ccc(NC2CCC(C)CC2)c(N)c1. The van der Waals surface area contributed by atoms with Gasteiger partial charge in [-0.2, -0.15) is 0 Å². The number of hydrogen-bond acceptors (Lipinski definition) is 7. The summed E-state index contributed by atoms with van der Waals surface area (Å²) in [5.41, 5.74) is 17.1. The number of esters is 2. The molecule has 0 unspecified atom stereocenters. The highest BCUT2D eigenvalue weighted by atomic mass is 16.5. The third kappa shape index (κ3) is 10.5. The monoisotopic (exact) mass is 593 g/mol. The molecule has 2 aromatic carbocycles. The van der Waals surface area contributed by atoms with Gasteiger partial charge in [-0.15, -0.1) is 0 Å². The maximum atomic E-state index is 11.8. The number of anilines is 3. The van der Waals surface area contributed by atoms with E-state index in [9.17, 15) is 9.59 Å². The maximum absolute atomic E-state index is 11.8. The smallest absolute Gasteiger partial charge is 0.338 e. The van der Waals surface area contributed by atoms with Gasteiger partial charge in [0.15, 0.2) is 0 Å². The lowest BCUT2D eigenvalue weighted by atomic mass is 9.69. The predicted octanol–water partition coefficient (Wildman–Crippen LogP) is 8.28. The lowest BCUT2D eigenvalue weighted by Gasteiger charge is -2.37. The second-order valence-electron chi connectivity index (χ2n) is 13.5. The molecular formula is C36H55N3O4. The third-order valence-electron chi connectivity index (χ3n) is 9.18. The fourth-order valence-corrected chi connectivity index (χ4v) is 6.33. The minimum atomic E-state index is -0.322. The van der Waals surface area contributed by atoms with Crippen LogP contribution in [0.2, 0.25) is 0 Å². The molecular weight excluding hydrogens is 538 g/mol. The van der Waals surface area contributed by atoms with E-state index in [0.717, 1.165) is 29.5 Å². The number of rotatable bonds is 8. The number of nitrogens with two attached hydrogens (primary N) is 2. The Balaban J connectivity index is 0.000000238. The average molecular weight is 594 g/mol. The van der Waals surface area contributed by atoms with Gasteiger partial charge in [0.1, 0.15) is 0 Å². The van der Waals surface area contributed by atoms with Crippen LogP contribution < -0.4 is 16.8 Å². The van der Waals surface area contributed by atoms with Crippen LogP contribution in [0, 0.1) is 23.2 Å². The van der Waals surface area contributed by atoms with Crippen molar-refractivity contribution in [1.29, 1.82) is 0 Å². The number of carbonyl (C=O) groups excluding carboxylic acids is 2. The van der Waals surface area contributed by atoms with E-state index in [1.165, 1.54) is 51.4 Å². The highest BCUT2D eigenvalue weighted by Crippen LogP contribution is 2.41. The number of nitrogen functional groups attached to an aromatic ring is 2. The first-order valence-electron chi connectivity index (χ1n) is 16.3. The van der Waals surface area contributed by atoms with Crippen LogP contribution in [0.15, 0.2) is 36.4 Å². The minimum Gasteiger partial charge on any atom is -0.462 e. The van der Waals surface area contributed by atoms with Crippen LogP contribution in [0.3, 0.4) is 0 Å². The quantitative estimate of drug-likeness (QED) is 0.208. The van der Waals surface area contributed by atoms with Crippen molar-refractivity contribution in [2.75, 3.05) is 30.0 Å². The van der Waals surface area contributed by atoms with Gasteiger partial charge in [-0.25, -0.2) is 9.59 Å². The number of hydrogen-bond donors (Lipinski definition) is 3. The first kappa shape index (κ1) is 34.3. The first-order chi connectivity index (χ1) is 20.4. The minimum absolute atomic E-state index is 0.295. The van der Waals surface area contributed by atoms with E-state index in [2.05, 4.69) is 33.0 Å². The van der Waals surface area contributed by atoms with E-state index in [-0.39, 0.29) is 11.9 Å². The zero-order valence-corrected chi connectivity index (χ0v) is 27.3. The molecule has 4 rings (SSSR count). The Hall–Kier alpha value is -3.22. The number of carbonyl (C=O) groups is 2. The molecule has 2 aromatic rings. The molecule has 2 aliphatic rings. The highest BCUT2D eigenvalue weighted by Gasteiger charge is 2.30. The van der Waals surface area contributed by atoms with Gasteiger partial charge in [-0.3, -0.25) is 0 Å². The normalized spacial score (nSPS) is 22.1. The van der Waals surface area contributed by atoms with Crippen molar-refractivity contribution in [2.24, 2.45) is 23.2 Å². The molecule has 2 fully saturated rings. The van der Waals surface area contributed by atoms with E-state index in [4.69, 9.17) is 20.9 Å². The fraction of sp³-hybridized carbons (Fsp3) is 0.611. The summed E-state index contributed by atoms with van der Waals surface area (Å²) in [6.07, 6.45) is 11.1. The molecule has 0 bridgehead atoms. The molecule has 0 atom stereocenters. The van der Waals surface area contributed by atoms with Gasteiger partial charge in [-0.1, -0.05) is 33.8 Å². The highest BCUT2D eigenvalue weighted by molar-refractivity contribution is 5.92. The topological polar surface area (TPSA) is 117 Å². The Morgan fingerprint density at radius 2 is 1.33 bits per heavy atom. The van der Waals surface area contributed by atoms with E-state index >= 15 is 0 Å². The molecule has 238 valence electrons. The van der Waals surface area contributed by atoms with Crippen molar-refractivity contribution >= 4 is 29.0 Å². The lowest BCUT2D eigenvalue weighted by Crippen LogP contribution is -2.26. The van der Waals surface area contributed by atoms with E-state index in [1.54, 1.807) is 25.1 Å². The summed E-state index contributed by atoms with van der Waals surface area (Å²) in [4.78, 5) is 23.4. The second-order valence-corrected chi connectivity index (χ2v) is 13.5. The Kier molecular flexibility index (Phi) is 12.8. The molecule has 5 N–H and O–H groups in total. The molecule has 0 spiro atoms. The van der Waals surface area contributed by atoms with Crippen LogP contribution in [-0.2, 0) is 15.9 Å². The van der Waals surface area contributed by atoms with Gasteiger partial charge >= 0.3 is 11.9 Å². The van der Waals surface area contributed by atoms with Gasteiger partial charge in [0, 0.05) is 11.7 Å². The predicted molar refractivity (Wildman–Crippen MR) is 177 cm³/mol.